The predicted molar refractivity (Wildman–Crippen MR) is 54.6 cm³/mol. The van der Waals surface area contributed by atoms with Gasteiger partial charge >= 0.3 is 0 Å². The number of rotatable bonds is 3. The molecule has 0 fully saturated rings. The molecule has 4 heteroatoms. The Morgan fingerprint density at radius 3 is 2.93 bits per heavy atom. The minimum Gasteiger partial charge on any atom is -0.396 e. The van der Waals surface area contributed by atoms with E-state index >= 15 is 0 Å². The van der Waals surface area contributed by atoms with Crippen LogP contribution in [0.1, 0.15) is 5.69 Å². The van der Waals surface area contributed by atoms with E-state index in [1.165, 1.54) is 0 Å². The van der Waals surface area contributed by atoms with E-state index in [4.69, 9.17) is 5.73 Å². The van der Waals surface area contributed by atoms with Gasteiger partial charge in [-0.25, -0.2) is 0 Å². The summed E-state index contributed by atoms with van der Waals surface area (Å²) in [6, 6.07) is 5.90. The summed E-state index contributed by atoms with van der Waals surface area (Å²) in [6.07, 6.45) is 6.15. The van der Waals surface area contributed by atoms with Crippen molar-refractivity contribution < 1.29 is 0 Å². The van der Waals surface area contributed by atoms with Crippen LogP contribution in [0.5, 0.6) is 0 Å². The van der Waals surface area contributed by atoms with Crippen molar-refractivity contribution in [3.05, 3.63) is 42.5 Å². The van der Waals surface area contributed by atoms with Crippen molar-refractivity contribution in [1.29, 1.82) is 0 Å². The molecule has 4 nitrogen and oxygen atoms in total. The van der Waals surface area contributed by atoms with Crippen molar-refractivity contribution in [3.8, 4) is 0 Å². The Kier molecular flexibility index (Phi) is 2.44. The molecule has 2 rings (SSSR count). The number of aryl methyl sites for hydroxylation is 2. The average molecular weight is 188 g/mol. The van der Waals surface area contributed by atoms with Crippen LogP contribution in [0.4, 0.5) is 5.69 Å². The van der Waals surface area contributed by atoms with Crippen LogP contribution in [-0.4, -0.2) is 14.8 Å². The molecule has 0 atom stereocenters. The largest absolute Gasteiger partial charge is 0.396 e. The molecule has 0 saturated carbocycles. The summed E-state index contributed by atoms with van der Waals surface area (Å²) in [5.74, 6) is 0. The molecule has 2 aromatic heterocycles. The Morgan fingerprint density at radius 1 is 1.36 bits per heavy atom. The zero-order chi connectivity index (χ0) is 9.80. The van der Waals surface area contributed by atoms with Gasteiger partial charge in [-0.1, -0.05) is 6.07 Å². The van der Waals surface area contributed by atoms with Gasteiger partial charge in [0.1, 0.15) is 0 Å². The molecule has 0 aliphatic rings. The second-order valence-corrected chi connectivity index (χ2v) is 3.11. The molecule has 0 amide bonds. The van der Waals surface area contributed by atoms with Gasteiger partial charge in [-0.2, -0.15) is 5.10 Å². The molecular formula is C10H12N4. The quantitative estimate of drug-likeness (QED) is 0.784. The van der Waals surface area contributed by atoms with E-state index in [9.17, 15) is 0 Å². The lowest BCUT2D eigenvalue weighted by Crippen LogP contribution is -2.02. The molecule has 0 aliphatic carbocycles. The van der Waals surface area contributed by atoms with Gasteiger partial charge in [0.15, 0.2) is 0 Å². The Hall–Kier alpha value is -1.84. The summed E-state index contributed by atoms with van der Waals surface area (Å²) in [4.78, 5) is 4.23. The lowest BCUT2D eigenvalue weighted by molar-refractivity contribution is 0.608. The minimum atomic E-state index is 0.700. The normalized spacial score (nSPS) is 10.3. The molecule has 0 unspecified atom stereocenters. The molecule has 2 aromatic rings. The number of nitrogens with zero attached hydrogens (tertiary/aromatic N) is 3. The van der Waals surface area contributed by atoms with Crippen LogP contribution in [-0.2, 0) is 13.0 Å². The van der Waals surface area contributed by atoms with E-state index in [0.717, 1.165) is 18.7 Å². The van der Waals surface area contributed by atoms with Crippen LogP contribution in [0.25, 0.3) is 0 Å². The van der Waals surface area contributed by atoms with Crippen LogP contribution in [0, 0.1) is 0 Å². The number of pyridine rings is 1. The molecule has 0 aromatic carbocycles. The highest BCUT2D eigenvalue weighted by Gasteiger charge is 1.96. The van der Waals surface area contributed by atoms with Gasteiger partial charge in [0.2, 0.25) is 0 Å². The fourth-order valence-electron chi connectivity index (χ4n) is 1.28. The fourth-order valence-corrected chi connectivity index (χ4v) is 1.28. The van der Waals surface area contributed by atoms with Gasteiger partial charge in [-0.05, 0) is 12.1 Å². The van der Waals surface area contributed by atoms with Gasteiger partial charge in [-0.3, -0.25) is 9.67 Å². The second-order valence-electron chi connectivity index (χ2n) is 3.11. The van der Waals surface area contributed by atoms with Crippen molar-refractivity contribution in [1.82, 2.24) is 14.8 Å². The first kappa shape index (κ1) is 8.74. The van der Waals surface area contributed by atoms with Crippen LogP contribution in [0.2, 0.25) is 0 Å². The molecular weight excluding hydrogens is 176 g/mol. The topological polar surface area (TPSA) is 56.7 Å². The third-order valence-electron chi connectivity index (χ3n) is 1.98. The minimum absolute atomic E-state index is 0.700. The van der Waals surface area contributed by atoms with Crippen molar-refractivity contribution in [3.63, 3.8) is 0 Å². The van der Waals surface area contributed by atoms with Crippen LogP contribution >= 0.6 is 0 Å². The summed E-state index contributed by atoms with van der Waals surface area (Å²) < 4.78 is 1.82. The predicted octanol–water partition coefficient (Wildman–Crippen LogP) is 1.10. The maximum Gasteiger partial charge on any atom is 0.0719 e. The van der Waals surface area contributed by atoms with Crippen molar-refractivity contribution in [2.24, 2.45) is 0 Å². The molecule has 2 heterocycles. The first-order valence-electron chi connectivity index (χ1n) is 4.52. The zero-order valence-electron chi connectivity index (χ0n) is 7.80. The Morgan fingerprint density at radius 2 is 2.29 bits per heavy atom. The lowest BCUT2D eigenvalue weighted by Gasteiger charge is -2.00. The average Bonchev–Trinajstić information content (AvgIpc) is 2.63. The summed E-state index contributed by atoms with van der Waals surface area (Å²) in [6.45, 7) is 0.814. The van der Waals surface area contributed by atoms with Crippen LogP contribution < -0.4 is 5.73 Å². The molecule has 0 spiro atoms. The SMILES string of the molecule is Nc1cnn(CCc2ccccn2)c1. The molecule has 0 radical (unpaired) electrons. The van der Waals surface area contributed by atoms with Gasteiger partial charge < -0.3 is 5.73 Å². The third kappa shape index (κ3) is 2.10. The van der Waals surface area contributed by atoms with Crippen molar-refractivity contribution in [2.75, 3.05) is 5.73 Å². The highest BCUT2D eigenvalue weighted by Crippen LogP contribution is 2.01. The molecule has 0 bridgehead atoms. The summed E-state index contributed by atoms with van der Waals surface area (Å²) in [5.41, 5.74) is 7.32. The molecule has 14 heavy (non-hydrogen) atoms. The van der Waals surface area contributed by atoms with E-state index in [1.54, 1.807) is 12.4 Å². The smallest absolute Gasteiger partial charge is 0.0719 e. The first-order valence-corrected chi connectivity index (χ1v) is 4.52. The Labute approximate surface area is 82.4 Å². The zero-order valence-corrected chi connectivity index (χ0v) is 7.80. The summed E-state index contributed by atoms with van der Waals surface area (Å²) in [5, 5.41) is 4.09. The maximum absolute atomic E-state index is 5.55. The van der Waals surface area contributed by atoms with E-state index < -0.39 is 0 Å². The molecule has 0 saturated heterocycles. The van der Waals surface area contributed by atoms with Crippen molar-refractivity contribution in [2.45, 2.75) is 13.0 Å². The number of hydrogen-bond acceptors (Lipinski definition) is 3. The molecule has 2 N–H and O–H groups in total. The number of nitrogens with two attached hydrogens (primary N) is 1. The first-order chi connectivity index (χ1) is 6.84. The standard InChI is InChI=1S/C10H12N4/c11-9-7-13-14(8-9)6-4-10-3-1-2-5-12-10/h1-3,5,7-8H,4,6,11H2. The highest BCUT2D eigenvalue weighted by atomic mass is 15.3. The molecule has 0 aliphatic heterocycles. The molecule has 72 valence electrons. The second kappa shape index (κ2) is 3.91. The van der Waals surface area contributed by atoms with E-state index in [1.807, 2.05) is 29.1 Å². The highest BCUT2D eigenvalue weighted by molar-refractivity contribution is 5.30. The Balaban J connectivity index is 1.95. The monoisotopic (exact) mass is 188 g/mol. The van der Waals surface area contributed by atoms with Gasteiger partial charge in [0.05, 0.1) is 11.9 Å². The van der Waals surface area contributed by atoms with Crippen molar-refractivity contribution >= 4 is 5.69 Å². The van der Waals surface area contributed by atoms with Gasteiger partial charge in [0.25, 0.3) is 0 Å². The van der Waals surface area contributed by atoms with E-state index in [0.29, 0.717) is 5.69 Å². The van der Waals surface area contributed by atoms with Crippen LogP contribution in [0.15, 0.2) is 36.8 Å². The van der Waals surface area contributed by atoms with E-state index in [-0.39, 0.29) is 0 Å². The number of anilines is 1. The third-order valence-corrected chi connectivity index (χ3v) is 1.98. The van der Waals surface area contributed by atoms with Crippen LogP contribution in [0.3, 0.4) is 0 Å². The van der Waals surface area contributed by atoms with E-state index in [2.05, 4.69) is 10.1 Å². The fraction of sp³-hybridized carbons (Fsp3) is 0.200. The maximum atomic E-state index is 5.55. The number of hydrogen-bond donors (Lipinski definition) is 1. The summed E-state index contributed by atoms with van der Waals surface area (Å²) in [7, 11) is 0. The van der Waals surface area contributed by atoms with Gasteiger partial charge in [0, 0.05) is 31.1 Å². The Bertz CT molecular complexity index is 394. The summed E-state index contributed by atoms with van der Waals surface area (Å²) >= 11 is 0. The lowest BCUT2D eigenvalue weighted by atomic mass is 10.3. The number of nitrogen functional groups attached to an aromatic ring is 1. The number of aromatic nitrogens is 3. The van der Waals surface area contributed by atoms with Gasteiger partial charge in [-0.15, -0.1) is 0 Å².